The van der Waals surface area contributed by atoms with Crippen molar-refractivity contribution in [2.75, 3.05) is 23.3 Å². The number of rotatable bonds is 10. The molecular formula is C28H31N7O4. The highest BCUT2D eigenvalue weighted by Gasteiger charge is 2.19. The van der Waals surface area contributed by atoms with Gasteiger partial charge in [-0.15, -0.1) is 5.10 Å². The van der Waals surface area contributed by atoms with Crippen LogP contribution in [0.1, 0.15) is 27.7 Å². The number of tetrazole rings is 1. The highest BCUT2D eigenvalue weighted by atomic mass is 16.6. The fourth-order valence-electron chi connectivity index (χ4n) is 4.33. The van der Waals surface area contributed by atoms with Gasteiger partial charge in [-0.3, -0.25) is 15.4 Å². The Labute approximate surface area is 226 Å². The fraction of sp³-hybridized carbons (Fsp3) is 0.286. The Kier molecular flexibility index (Phi) is 8.50. The maximum Gasteiger partial charge on any atom is 0.417 e. The normalized spacial score (nSPS) is 11.0. The second-order valence-electron chi connectivity index (χ2n) is 9.99. The quantitative estimate of drug-likeness (QED) is 0.184. The lowest BCUT2D eigenvalue weighted by molar-refractivity contribution is -0.384. The number of aromatic nitrogens is 4. The number of anilines is 2. The molecule has 0 saturated heterocycles. The summed E-state index contributed by atoms with van der Waals surface area (Å²) in [6.45, 7) is 10.2. The van der Waals surface area contributed by atoms with Crippen molar-refractivity contribution < 1.29 is 14.5 Å². The molecule has 0 radical (unpaired) electrons. The molecule has 39 heavy (non-hydrogen) atoms. The average molecular weight is 530 g/mol. The molecule has 0 aliphatic heterocycles. The second kappa shape index (κ2) is 12.2. The number of H-pyrrole nitrogens is 1. The van der Waals surface area contributed by atoms with Crippen LogP contribution in [-0.4, -0.2) is 44.7 Å². The smallest absolute Gasteiger partial charge is 0.410 e. The van der Waals surface area contributed by atoms with E-state index in [1.54, 1.807) is 0 Å². The van der Waals surface area contributed by atoms with Crippen molar-refractivity contribution in [1.29, 1.82) is 0 Å². The molecule has 0 bridgehead atoms. The van der Waals surface area contributed by atoms with Gasteiger partial charge in [-0.25, -0.2) is 9.89 Å². The third-order valence-corrected chi connectivity index (χ3v) is 5.84. The second-order valence-corrected chi connectivity index (χ2v) is 9.99. The van der Waals surface area contributed by atoms with E-state index in [0.29, 0.717) is 23.3 Å². The fourth-order valence-corrected chi connectivity index (χ4v) is 4.33. The maximum atomic E-state index is 13.0. The van der Waals surface area contributed by atoms with Crippen LogP contribution in [-0.2, 0) is 0 Å². The number of carbonyl (C=O) groups is 1. The summed E-state index contributed by atoms with van der Waals surface area (Å²) in [5, 5.41) is 28.1. The molecule has 0 fully saturated rings. The number of benzene rings is 3. The minimum Gasteiger partial charge on any atom is -0.410 e. The van der Waals surface area contributed by atoms with Crippen molar-refractivity contribution in [3.8, 4) is 28.3 Å². The van der Waals surface area contributed by atoms with Gasteiger partial charge in [0.05, 0.1) is 16.3 Å². The number of nitrogens with zero attached hydrogens (tertiary/aromatic N) is 5. The molecule has 4 rings (SSSR count). The first-order valence-electron chi connectivity index (χ1n) is 12.7. The summed E-state index contributed by atoms with van der Waals surface area (Å²) in [7, 11) is 0. The molecule has 0 unspecified atom stereocenters. The minimum absolute atomic E-state index is 0.0867. The minimum atomic E-state index is -0.705. The Balaban J connectivity index is 1.72. The van der Waals surface area contributed by atoms with E-state index in [2.05, 4.69) is 58.5 Å². The molecule has 0 atom stereocenters. The van der Waals surface area contributed by atoms with E-state index in [1.807, 2.05) is 42.5 Å². The van der Waals surface area contributed by atoms with Crippen molar-refractivity contribution in [2.24, 2.45) is 11.8 Å². The molecule has 1 aromatic heterocycles. The van der Waals surface area contributed by atoms with Crippen LogP contribution in [0.4, 0.5) is 21.9 Å². The third kappa shape index (κ3) is 6.95. The first kappa shape index (κ1) is 27.2. The Hall–Kier alpha value is -4.80. The van der Waals surface area contributed by atoms with Crippen molar-refractivity contribution in [3.63, 3.8) is 0 Å². The van der Waals surface area contributed by atoms with Crippen LogP contribution in [0.3, 0.4) is 0 Å². The molecule has 0 aliphatic carbocycles. The Morgan fingerprint density at radius 1 is 1.00 bits per heavy atom. The molecule has 202 valence electrons. The number of amides is 1. The molecule has 0 aliphatic rings. The zero-order valence-electron chi connectivity index (χ0n) is 22.3. The van der Waals surface area contributed by atoms with E-state index in [-0.39, 0.29) is 11.4 Å². The van der Waals surface area contributed by atoms with Gasteiger partial charge in [0.2, 0.25) is 0 Å². The lowest BCUT2D eigenvalue weighted by Crippen LogP contribution is -2.32. The van der Waals surface area contributed by atoms with E-state index in [9.17, 15) is 14.9 Å². The number of nitrogens with one attached hydrogen (secondary N) is 2. The highest BCUT2D eigenvalue weighted by Crippen LogP contribution is 2.36. The van der Waals surface area contributed by atoms with Gasteiger partial charge in [-0.2, -0.15) is 0 Å². The Bertz CT molecular complexity index is 1410. The van der Waals surface area contributed by atoms with Gasteiger partial charge in [-0.1, -0.05) is 58.0 Å². The van der Waals surface area contributed by atoms with E-state index in [0.717, 1.165) is 35.5 Å². The van der Waals surface area contributed by atoms with Crippen molar-refractivity contribution in [3.05, 3.63) is 76.8 Å². The lowest BCUT2D eigenvalue weighted by Gasteiger charge is -2.30. The average Bonchev–Trinajstić information content (AvgIpc) is 3.43. The van der Waals surface area contributed by atoms with Gasteiger partial charge in [0.25, 0.3) is 5.69 Å². The summed E-state index contributed by atoms with van der Waals surface area (Å²) in [5.74, 6) is 1.51. The third-order valence-electron chi connectivity index (χ3n) is 5.84. The lowest BCUT2D eigenvalue weighted by atomic mass is 9.98. The van der Waals surface area contributed by atoms with Crippen LogP contribution in [0, 0.1) is 22.0 Å². The monoisotopic (exact) mass is 529 g/mol. The molecule has 11 nitrogen and oxygen atoms in total. The molecule has 0 saturated carbocycles. The molecule has 11 heteroatoms. The molecule has 3 aromatic carbocycles. The molecular weight excluding hydrogens is 498 g/mol. The zero-order valence-corrected chi connectivity index (χ0v) is 22.3. The number of hydrogen-bond donors (Lipinski definition) is 2. The van der Waals surface area contributed by atoms with Crippen molar-refractivity contribution in [1.82, 2.24) is 20.6 Å². The Morgan fingerprint density at radius 2 is 1.67 bits per heavy atom. The summed E-state index contributed by atoms with van der Waals surface area (Å²) in [5.41, 5.74) is 3.90. The Morgan fingerprint density at radius 3 is 2.26 bits per heavy atom. The van der Waals surface area contributed by atoms with E-state index in [1.165, 1.54) is 24.3 Å². The summed E-state index contributed by atoms with van der Waals surface area (Å²) in [4.78, 5) is 25.7. The molecule has 2 N–H and O–H groups in total. The maximum absolute atomic E-state index is 13.0. The van der Waals surface area contributed by atoms with E-state index >= 15 is 0 Å². The van der Waals surface area contributed by atoms with E-state index in [4.69, 9.17) is 4.74 Å². The summed E-state index contributed by atoms with van der Waals surface area (Å²) >= 11 is 0. The van der Waals surface area contributed by atoms with Gasteiger partial charge in [0.1, 0.15) is 5.75 Å². The first-order chi connectivity index (χ1) is 18.7. The van der Waals surface area contributed by atoms with Crippen LogP contribution in [0.5, 0.6) is 5.75 Å². The van der Waals surface area contributed by atoms with Gasteiger partial charge in [0, 0.05) is 30.8 Å². The summed E-state index contributed by atoms with van der Waals surface area (Å²) in [6, 6.07) is 19.0. The van der Waals surface area contributed by atoms with Crippen molar-refractivity contribution in [2.45, 2.75) is 27.7 Å². The summed E-state index contributed by atoms with van der Waals surface area (Å²) < 4.78 is 5.46. The number of nitro groups is 1. The molecule has 0 spiro atoms. The highest BCUT2D eigenvalue weighted by molar-refractivity contribution is 5.94. The number of ether oxygens (including phenoxy) is 1. The van der Waals surface area contributed by atoms with E-state index < -0.39 is 11.0 Å². The standard InChI is InChI=1S/C28H31N7O4/c1-18(2)16-34(17-19(3)4)26-14-9-20(23-7-5-6-8-24(23)27-30-32-33-31-27)15-25(26)29-28(36)39-22-12-10-21(11-13-22)35(37)38/h5-15,18-19H,16-17H2,1-4H3,(H,29,36)(H,30,31,32,33). The van der Waals surface area contributed by atoms with Gasteiger partial charge in [-0.05, 0) is 57.7 Å². The van der Waals surface area contributed by atoms with Gasteiger partial charge < -0.3 is 9.64 Å². The molecule has 1 amide bonds. The van der Waals surface area contributed by atoms with Crippen LogP contribution in [0.15, 0.2) is 66.7 Å². The van der Waals surface area contributed by atoms with Gasteiger partial charge in [0.15, 0.2) is 5.82 Å². The topological polar surface area (TPSA) is 139 Å². The largest absolute Gasteiger partial charge is 0.417 e. The number of nitro benzene ring substituents is 1. The van der Waals surface area contributed by atoms with Crippen LogP contribution < -0.4 is 15.0 Å². The predicted molar refractivity (Wildman–Crippen MR) is 150 cm³/mol. The number of non-ortho nitro benzene ring substituents is 1. The van der Waals surface area contributed by atoms with Crippen LogP contribution in [0.2, 0.25) is 0 Å². The zero-order chi connectivity index (χ0) is 27.9. The SMILES string of the molecule is CC(C)CN(CC(C)C)c1ccc(-c2ccccc2-c2nnn[nH]2)cc1NC(=O)Oc1ccc([N+](=O)[O-])cc1. The van der Waals surface area contributed by atoms with Crippen LogP contribution >= 0.6 is 0 Å². The molecule has 1 heterocycles. The van der Waals surface area contributed by atoms with Gasteiger partial charge >= 0.3 is 6.09 Å². The molecule has 4 aromatic rings. The number of hydrogen-bond acceptors (Lipinski definition) is 8. The summed E-state index contributed by atoms with van der Waals surface area (Å²) in [6.07, 6.45) is -0.705. The number of carbonyl (C=O) groups excluding carboxylic acids is 1. The van der Waals surface area contributed by atoms with Crippen LogP contribution in [0.25, 0.3) is 22.5 Å². The van der Waals surface area contributed by atoms with Crippen molar-refractivity contribution >= 4 is 23.2 Å². The predicted octanol–water partition coefficient (Wildman–Crippen LogP) is 6.17. The first-order valence-corrected chi connectivity index (χ1v) is 12.7. The number of aromatic amines is 1.